The maximum Gasteiger partial charge on any atom is 0.129 e. The van der Waals surface area contributed by atoms with Crippen LogP contribution in [0.25, 0.3) is 0 Å². The molecule has 0 aliphatic carbocycles. The Kier molecular flexibility index (Phi) is 5.47. The topological polar surface area (TPSA) is 37.8 Å². The number of nitrogens with zero attached hydrogens (tertiary/aromatic N) is 2. The second-order valence-corrected chi connectivity index (χ2v) is 4.56. The zero-order chi connectivity index (χ0) is 11.1. The van der Waals surface area contributed by atoms with Gasteiger partial charge in [0, 0.05) is 17.8 Å². The molecule has 0 bridgehead atoms. The van der Waals surface area contributed by atoms with E-state index in [2.05, 4.69) is 35.4 Å². The van der Waals surface area contributed by atoms with Gasteiger partial charge in [-0.1, -0.05) is 6.92 Å². The van der Waals surface area contributed by atoms with Gasteiger partial charge in [-0.2, -0.15) is 11.8 Å². The standard InChI is InChI=1S/C11H19N3S/c1-4-10-7-11(13-8-12-10)14-9(2)5-6-15-3/h7-9H,4-6H2,1-3H3,(H,12,13,14). The van der Waals surface area contributed by atoms with Crippen LogP contribution in [0.5, 0.6) is 0 Å². The van der Waals surface area contributed by atoms with Crippen LogP contribution in [0.4, 0.5) is 5.82 Å². The van der Waals surface area contributed by atoms with Crippen molar-refractivity contribution in [2.45, 2.75) is 32.7 Å². The Balaban J connectivity index is 2.48. The summed E-state index contributed by atoms with van der Waals surface area (Å²) in [6.07, 6.45) is 5.87. The summed E-state index contributed by atoms with van der Waals surface area (Å²) in [5.41, 5.74) is 1.09. The fourth-order valence-electron chi connectivity index (χ4n) is 1.29. The van der Waals surface area contributed by atoms with Crippen molar-refractivity contribution in [3.63, 3.8) is 0 Å². The molecule has 0 saturated heterocycles. The normalized spacial score (nSPS) is 12.5. The van der Waals surface area contributed by atoms with Crippen LogP contribution in [-0.4, -0.2) is 28.0 Å². The minimum atomic E-state index is 0.469. The lowest BCUT2D eigenvalue weighted by Crippen LogP contribution is -2.17. The van der Waals surface area contributed by atoms with Gasteiger partial charge < -0.3 is 5.32 Å². The molecule has 3 nitrogen and oxygen atoms in total. The highest BCUT2D eigenvalue weighted by molar-refractivity contribution is 7.98. The van der Waals surface area contributed by atoms with E-state index in [4.69, 9.17) is 0 Å². The molecule has 1 N–H and O–H groups in total. The van der Waals surface area contributed by atoms with E-state index in [9.17, 15) is 0 Å². The molecule has 1 atom stereocenters. The van der Waals surface area contributed by atoms with Crippen LogP contribution < -0.4 is 5.32 Å². The van der Waals surface area contributed by atoms with E-state index < -0.39 is 0 Å². The summed E-state index contributed by atoms with van der Waals surface area (Å²) in [7, 11) is 0. The molecule has 0 fully saturated rings. The van der Waals surface area contributed by atoms with Crippen LogP contribution >= 0.6 is 11.8 Å². The summed E-state index contributed by atoms with van der Waals surface area (Å²) in [5, 5.41) is 3.39. The molecule has 4 heteroatoms. The molecule has 1 heterocycles. The lowest BCUT2D eigenvalue weighted by atomic mass is 10.2. The molecule has 0 amide bonds. The Morgan fingerprint density at radius 1 is 1.47 bits per heavy atom. The second kappa shape index (κ2) is 6.67. The van der Waals surface area contributed by atoms with E-state index in [-0.39, 0.29) is 0 Å². The third-order valence-corrected chi connectivity index (χ3v) is 2.88. The van der Waals surface area contributed by atoms with Gasteiger partial charge >= 0.3 is 0 Å². The van der Waals surface area contributed by atoms with Crippen LogP contribution in [0.15, 0.2) is 12.4 Å². The number of anilines is 1. The number of hydrogen-bond acceptors (Lipinski definition) is 4. The molecule has 15 heavy (non-hydrogen) atoms. The Bertz CT molecular complexity index is 291. The van der Waals surface area contributed by atoms with Crippen molar-refractivity contribution in [3.05, 3.63) is 18.1 Å². The first-order valence-corrected chi connectivity index (χ1v) is 6.72. The van der Waals surface area contributed by atoms with Crippen molar-refractivity contribution in [1.82, 2.24) is 9.97 Å². The van der Waals surface area contributed by atoms with E-state index in [0.717, 1.165) is 24.4 Å². The number of aryl methyl sites for hydroxylation is 1. The molecule has 1 rings (SSSR count). The summed E-state index contributed by atoms with van der Waals surface area (Å²) in [4.78, 5) is 8.38. The van der Waals surface area contributed by atoms with Gasteiger partial charge in [-0.15, -0.1) is 0 Å². The first-order valence-electron chi connectivity index (χ1n) is 5.32. The molecule has 0 aliphatic heterocycles. The van der Waals surface area contributed by atoms with Crippen molar-refractivity contribution in [3.8, 4) is 0 Å². The molecule has 0 aliphatic rings. The van der Waals surface area contributed by atoms with Gasteiger partial charge in [0.05, 0.1) is 0 Å². The molecule has 0 spiro atoms. The Morgan fingerprint density at radius 3 is 2.93 bits per heavy atom. The first-order chi connectivity index (χ1) is 7.26. The first kappa shape index (κ1) is 12.3. The molecular weight excluding hydrogens is 206 g/mol. The Labute approximate surface area is 96.1 Å². The molecule has 84 valence electrons. The summed E-state index contributed by atoms with van der Waals surface area (Å²) in [6, 6.07) is 2.49. The number of rotatable bonds is 6. The Morgan fingerprint density at radius 2 is 2.27 bits per heavy atom. The molecule has 1 unspecified atom stereocenters. The molecule has 1 aromatic rings. The van der Waals surface area contributed by atoms with Crippen LogP contribution in [0.1, 0.15) is 26.0 Å². The van der Waals surface area contributed by atoms with Crippen molar-refractivity contribution in [1.29, 1.82) is 0 Å². The third kappa shape index (κ3) is 4.51. The highest BCUT2D eigenvalue weighted by Crippen LogP contribution is 2.09. The van der Waals surface area contributed by atoms with E-state index >= 15 is 0 Å². The number of nitrogens with one attached hydrogen (secondary N) is 1. The lowest BCUT2D eigenvalue weighted by Gasteiger charge is -2.13. The minimum Gasteiger partial charge on any atom is -0.367 e. The van der Waals surface area contributed by atoms with E-state index in [1.54, 1.807) is 6.33 Å². The predicted molar refractivity (Wildman–Crippen MR) is 67.5 cm³/mol. The SMILES string of the molecule is CCc1cc(NC(C)CCSC)ncn1. The van der Waals surface area contributed by atoms with Gasteiger partial charge in [-0.25, -0.2) is 9.97 Å². The number of aromatic nitrogens is 2. The number of hydrogen-bond donors (Lipinski definition) is 1. The molecule has 1 aromatic heterocycles. The van der Waals surface area contributed by atoms with E-state index in [1.165, 1.54) is 5.75 Å². The van der Waals surface area contributed by atoms with Gasteiger partial charge in [0.15, 0.2) is 0 Å². The third-order valence-electron chi connectivity index (χ3n) is 2.24. The summed E-state index contributed by atoms with van der Waals surface area (Å²) >= 11 is 1.88. The second-order valence-electron chi connectivity index (χ2n) is 3.57. The fraction of sp³-hybridized carbons (Fsp3) is 0.636. The monoisotopic (exact) mass is 225 g/mol. The quantitative estimate of drug-likeness (QED) is 0.807. The van der Waals surface area contributed by atoms with E-state index in [0.29, 0.717) is 6.04 Å². The fourth-order valence-corrected chi connectivity index (χ4v) is 1.88. The summed E-state index contributed by atoms with van der Waals surface area (Å²) < 4.78 is 0. The van der Waals surface area contributed by atoms with Gasteiger partial charge in [-0.05, 0) is 31.8 Å². The van der Waals surface area contributed by atoms with Gasteiger partial charge in [0.2, 0.25) is 0 Å². The molecule has 0 aromatic carbocycles. The highest BCUT2D eigenvalue weighted by Gasteiger charge is 2.02. The molecule has 0 radical (unpaired) electrons. The summed E-state index contributed by atoms with van der Waals surface area (Å²) in [6.45, 7) is 4.28. The zero-order valence-corrected chi connectivity index (χ0v) is 10.5. The predicted octanol–water partition coefficient (Wildman–Crippen LogP) is 2.59. The Hall–Kier alpha value is -0.770. The largest absolute Gasteiger partial charge is 0.367 e. The zero-order valence-electron chi connectivity index (χ0n) is 9.66. The van der Waals surface area contributed by atoms with Crippen molar-refractivity contribution >= 4 is 17.6 Å². The van der Waals surface area contributed by atoms with Gasteiger partial charge in [-0.3, -0.25) is 0 Å². The van der Waals surface area contributed by atoms with Gasteiger partial charge in [0.25, 0.3) is 0 Å². The van der Waals surface area contributed by atoms with E-state index in [1.807, 2.05) is 17.8 Å². The van der Waals surface area contributed by atoms with Crippen LogP contribution in [0, 0.1) is 0 Å². The highest BCUT2D eigenvalue weighted by atomic mass is 32.2. The average Bonchev–Trinajstić information content (AvgIpc) is 2.26. The van der Waals surface area contributed by atoms with Crippen LogP contribution in [0.2, 0.25) is 0 Å². The van der Waals surface area contributed by atoms with Crippen LogP contribution in [-0.2, 0) is 6.42 Å². The van der Waals surface area contributed by atoms with Gasteiger partial charge in [0.1, 0.15) is 12.1 Å². The lowest BCUT2D eigenvalue weighted by molar-refractivity contribution is 0.765. The maximum absolute atomic E-state index is 4.21. The summed E-state index contributed by atoms with van der Waals surface area (Å²) in [5.74, 6) is 2.12. The molecular formula is C11H19N3S. The number of thioether (sulfide) groups is 1. The van der Waals surface area contributed by atoms with Crippen molar-refractivity contribution in [2.75, 3.05) is 17.3 Å². The smallest absolute Gasteiger partial charge is 0.129 e. The maximum atomic E-state index is 4.21. The van der Waals surface area contributed by atoms with Crippen molar-refractivity contribution < 1.29 is 0 Å². The average molecular weight is 225 g/mol. The molecule has 0 saturated carbocycles. The minimum absolute atomic E-state index is 0.469. The van der Waals surface area contributed by atoms with Crippen LogP contribution in [0.3, 0.4) is 0 Å². The van der Waals surface area contributed by atoms with Crippen molar-refractivity contribution in [2.24, 2.45) is 0 Å².